The molecule has 0 aliphatic rings. The van der Waals surface area contributed by atoms with E-state index in [0.717, 1.165) is 0 Å². The highest BCUT2D eigenvalue weighted by molar-refractivity contribution is 7.54. The van der Waals surface area contributed by atoms with Crippen LogP contribution in [-0.2, 0) is 18.4 Å². The zero-order valence-electron chi connectivity index (χ0n) is 17.5. The minimum Gasteiger partial charge on any atom is -0.497 e. The number of rotatable bonds is 12. The first-order chi connectivity index (χ1) is 14.8. The van der Waals surface area contributed by atoms with E-state index in [-0.39, 0.29) is 24.7 Å². The van der Waals surface area contributed by atoms with Crippen LogP contribution in [0.1, 0.15) is 25.2 Å². The van der Waals surface area contributed by atoms with Crippen LogP contribution in [-0.4, -0.2) is 37.8 Å². The Kier molecular flexibility index (Phi) is 8.99. The van der Waals surface area contributed by atoms with Crippen molar-refractivity contribution in [1.29, 1.82) is 0 Å². The first-order valence-corrected chi connectivity index (χ1v) is 11.1. The lowest BCUT2D eigenvalue weighted by molar-refractivity contribution is -0.384. The maximum absolute atomic E-state index is 13.4. The second-order valence-electron chi connectivity index (χ2n) is 6.16. The van der Waals surface area contributed by atoms with Crippen molar-refractivity contribution in [2.75, 3.05) is 26.9 Å². The van der Waals surface area contributed by atoms with Gasteiger partial charge in [-0.25, -0.2) is 0 Å². The Morgan fingerprint density at radius 3 is 2.06 bits per heavy atom. The standard InChI is InChI=1S/C20H25N2O8P/c1-4-29-31(26,30-5-2)20(15-6-10-17(27-3)11-7-15)21-19(23)14-28-18-12-8-16(9-13-18)22(24)25/h6-13,20H,4-5,14H2,1-3H3,(H,21,23). The molecule has 0 radical (unpaired) electrons. The van der Waals surface area contributed by atoms with Crippen molar-refractivity contribution in [3.8, 4) is 11.5 Å². The predicted octanol–water partition coefficient (Wildman–Crippen LogP) is 4.06. The molecule has 1 atom stereocenters. The predicted molar refractivity (Wildman–Crippen MR) is 113 cm³/mol. The Morgan fingerprint density at radius 1 is 1.03 bits per heavy atom. The summed E-state index contributed by atoms with van der Waals surface area (Å²) < 4.78 is 34.8. The van der Waals surface area contributed by atoms with E-state index in [1.54, 1.807) is 38.1 Å². The second-order valence-corrected chi connectivity index (χ2v) is 8.27. The molecule has 1 unspecified atom stereocenters. The number of amides is 1. The molecule has 2 rings (SSSR count). The number of non-ortho nitro benzene ring substituents is 1. The molecule has 31 heavy (non-hydrogen) atoms. The summed E-state index contributed by atoms with van der Waals surface area (Å²) in [6.45, 7) is 3.20. The number of nitro benzene ring substituents is 1. The summed E-state index contributed by atoms with van der Waals surface area (Å²) in [4.78, 5) is 22.7. The van der Waals surface area contributed by atoms with Gasteiger partial charge in [-0.2, -0.15) is 0 Å². The Labute approximate surface area is 180 Å². The van der Waals surface area contributed by atoms with Gasteiger partial charge in [0, 0.05) is 12.1 Å². The van der Waals surface area contributed by atoms with Gasteiger partial charge < -0.3 is 23.8 Å². The zero-order valence-corrected chi connectivity index (χ0v) is 18.4. The number of benzene rings is 2. The van der Waals surface area contributed by atoms with Gasteiger partial charge in [0.15, 0.2) is 12.4 Å². The third kappa shape index (κ3) is 6.78. The van der Waals surface area contributed by atoms with Crippen LogP contribution >= 0.6 is 7.60 Å². The van der Waals surface area contributed by atoms with Crippen molar-refractivity contribution in [2.45, 2.75) is 19.6 Å². The lowest BCUT2D eigenvalue weighted by atomic mass is 10.2. The minimum absolute atomic E-state index is 0.0919. The van der Waals surface area contributed by atoms with E-state index in [2.05, 4.69) is 5.32 Å². The molecule has 0 aliphatic carbocycles. The lowest BCUT2D eigenvalue weighted by Crippen LogP contribution is -2.33. The molecule has 10 nitrogen and oxygen atoms in total. The van der Waals surface area contributed by atoms with Gasteiger partial charge in [0.1, 0.15) is 11.5 Å². The van der Waals surface area contributed by atoms with E-state index in [4.69, 9.17) is 18.5 Å². The topological polar surface area (TPSA) is 126 Å². The number of ether oxygens (including phenoxy) is 2. The lowest BCUT2D eigenvalue weighted by Gasteiger charge is -2.27. The SMILES string of the molecule is CCOP(=O)(OCC)C(NC(=O)COc1ccc([N+](=O)[O-])cc1)c1ccc(OC)cc1. The molecular formula is C20H25N2O8P. The van der Waals surface area contributed by atoms with Crippen LogP contribution < -0.4 is 14.8 Å². The average Bonchev–Trinajstić information content (AvgIpc) is 2.76. The van der Waals surface area contributed by atoms with Gasteiger partial charge >= 0.3 is 7.60 Å². The van der Waals surface area contributed by atoms with Crippen LogP contribution in [0.25, 0.3) is 0 Å². The van der Waals surface area contributed by atoms with Crippen molar-refractivity contribution in [2.24, 2.45) is 0 Å². The van der Waals surface area contributed by atoms with Crippen molar-refractivity contribution in [3.63, 3.8) is 0 Å². The number of hydrogen-bond donors (Lipinski definition) is 1. The minimum atomic E-state index is -3.75. The van der Waals surface area contributed by atoms with Gasteiger partial charge in [0.2, 0.25) is 0 Å². The first-order valence-electron chi connectivity index (χ1n) is 9.52. The van der Waals surface area contributed by atoms with Crippen molar-refractivity contribution < 1.29 is 32.8 Å². The van der Waals surface area contributed by atoms with Crippen LogP contribution in [0.3, 0.4) is 0 Å². The van der Waals surface area contributed by atoms with E-state index in [1.807, 2.05) is 0 Å². The molecule has 1 amide bonds. The Hall–Kier alpha value is -2.94. The zero-order chi connectivity index (χ0) is 22.9. The fourth-order valence-electron chi connectivity index (χ4n) is 2.68. The van der Waals surface area contributed by atoms with Gasteiger partial charge in [0.05, 0.1) is 25.2 Å². The third-order valence-corrected chi connectivity index (χ3v) is 6.38. The smallest absolute Gasteiger partial charge is 0.357 e. The van der Waals surface area contributed by atoms with Crippen LogP contribution in [0.2, 0.25) is 0 Å². The fourth-order valence-corrected chi connectivity index (χ4v) is 4.62. The molecule has 0 saturated heterocycles. The molecule has 0 saturated carbocycles. The number of carbonyl (C=O) groups excluding carboxylic acids is 1. The molecule has 1 N–H and O–H groups in total. The van der Waals surface area contributed by atoms with Gasteiger partial charge in [-0.15, -0.1) is 0 Å². The molecule has 2 aromatic carbocycles. The number of hydrogen-bond acceptors (Lipinski definition) is 8. The molecule has 168 valence electrons. The second kappa shape index (κ2) is 11.5. The number of methoxy groups -OCH3 is 1. The molecule has 0 aromatic heterocycles. The van der Waals surface area contributed by atoms with Crippen LogP contribution in [0.15, 0.2) is 48.5 Å². The van der Waals surface area contributed by atoms with Crippen LogP contribution in [0, 0.1) is 10.1 Å². The van der Waals surface area contributed by atoms with E-state index in [0.29, 0.717) is 11.3 Å². The van der Waals surface area contributed by atoms with Crippen molar-refractivity contribution >= 4 is 19.2 Å². The van der Waals surface area contributed by atoms with Gasteiger partial charge in [-0.1, -0.05) is 12.1 Å². The highest BCUT2D eigenvalue weighted by Crippen LogP contribution is 2.59. The number of nitrogens with one attached hydrogen (secondary N) is 1. The third-order valence-electron chi connectivity index (χ3n) is 4.08. The number of nitro groups is 1. The summed E-state index contributed by atoms with van der Waals surface area (Å²) in [5.74, 6) is -0.761. The fraction of sp³-hybridized carbons (Fsp3) is 0.350. The van der Waals surface area contributed by atoms with Crippen molar-refractivity contribution in [3.05, 3.63) is 64.2 Å². The highest BCUT2D eigenvalue weighted by Gasteiger charge is 2.38. The quantitative estimate of drug-likeness (QED) is 0.290. The van der Waals surface area contributed by atoms with E-state index in [9.17, 15) is 19.5 Å². The molecule has 0 spiro atoms. The van der Waals surface area contributed by atoms with Gasteiger partial charge in [-0.3, -0.25) is 19.5 Å². The van der Waals surface area contributed by atoms with Crippen LogP contribution in [0.5, 0.6) is 11.5 Å². The summed E-state index contributed by atoms with van der Waals surface area (Å²) in [6.07, 6.45) is 0. The van der Waals surface area contributed by atoms with Crippen molar-refractivity contribution in [1.82, 2.24) is 5.32 Å². The average molecular weight is 452 g/mol. The van der Waals surface area contributed by atoms with Gasteiger partial charge in [0.25, 0.3) is 11.6 Å². The Morgan fingerprint density at radius 2 is 1.58 bits per heavy atom. The maximum Gasteiger partial charge on any atom is 0.357 e. The Bertz CT molecular complexity index is 908. The summed E-state index contributed by atoms with van der Waals surface area (Å²) in [6, 6.07) is 12.0. The normalized spacial score (nSPS) is 12.1. The highest BCUT2D eigenvalue weighted by atomic mass is 31.2. The largest absolute Gasteiger partial charge is 0.497 e. The molecule has 2 aromatic rings. The van der Waals surface area contributed by atoms with Gasteiger partial charge in [-0.05, 0) is 43.7 Å². The molecular weight excluding hydrogens is 427 g/mol. The summed E-state index contributed by atoms with van der Waals surface area (Å²) >= 11 is 0. The van der Waals surface area contributed by atoms with Crippen LogP contribution in [0.4, 0.5) is 5.69 Å². The molecule has 0 heterocycles. The summed E-state index contributed by atoms with van der Waals surface area (Å²) in [5.41, 5.74) is 0.417. The molecule has 0 aliphatic heterocycles. The molecule has 11 heteroatoms. The van der Waals surface area contributed by atoms with E-state index in [1.165, 1.54) is 31.4 Å². The summed E-state index contributed by atoms with van der Waals surface area (Å²) in [7, 11) is -2.22. The van der Waals surface area contributed by atoms with E-state index < -0.39 is 30.8 Å². The van der Waals surface area contributed by atoms with E-state index >= 15 is 0 Å². The molecule has 0 bridgehead atoms. The summed E-state index contributed by atoms with van der Waals surface area (Å²) in [5, 5.41) is 13.4. The Balaban J connectivity index is 2.17. The number of nitrogens with zero attached hydrogens (tertiary/aromatic N) is 1. The maximum atomic E-state index is 13.4. The first kappa shape index (κ1) is 24.3. The molecule has 0 fully saturated rings. The number of carbonyl (C=O) groups is 1. The monoisotopic (exact) mass is 452 g/mol.